The van der Waals surface area contributed by atoms with E-state index in [9.17, 15) is 0 Å². The quantitative estimate of drug-likeness (QED) is 0.711. The molecule has 0 heterocycles. The van der Waals surface area contributed by atoms with Crippen LogP contribution in [0.5, 0.6) is 0 Å². The van der Waals surface area contributed by atoms with Crippen molar-refractivity contribution in [2.45, 2.75) is 53.5 Å². The Morgan fingerprint density at radius 3 is 1.69 bits per heavy atom. The van der Waals surface area contributed by atoms with Crippen LogP contribution in [0.3, 0.4) is 0 Å². The van der Waals surface area contributed by atoms with E-state index in [0.29, 0.717) is 0 Å². The summed E-state index contributed by atoms with van der Waals surface area (Å²) in [7, 11) is 1.99. The van der Waals surface area contributed by atoms with Crippen molar-refractivity contribution in [3.8, 4) is 0 Å². The van der Waals surface area contributed by atoms with Gasteiger partial charge in [-0.2, -0.15) is 0 Å². The molecule has 0 aromatic rings. The second-order valence-corrected chi connectivity index (χ2v) is 4.68. The second-order valence-electron chi connectivity index (χ2n) is 4.68. The van der Waals surface area contributed by atoms with Gasteiger partial charge in [0.25, 0.3) is 0 Å². The lowest BCUT2D eigenvalue weighted by Crippen LogP contribution is -2.42. The van der Waals surface area contributed by atoms with Crippen molar-refractivity contribution in [1.82, 2.24) is 5.32 Å². The summed E-state index contributed by atoms with van der Waals surface area (Å²) in [5.74, 6) is 0. The molecule has 0 atom stereocenters. The molecule has 3 N–H and O–H groups in total. The SMILES string of the molecule is CC.CNC(C)(C)CC(C)(C)CN. The Hall–Kier alpha value is -0.0800. The second kappa shape index (κ2) is 6.39. The summed E-state index contributed by atoms with van der Waals surface area (Å²) >= 11 is 0. The van der Waals surface area contributed by atoms with Gasteiger partial charge in [0.2, 0.25) is 0 Å². The topological polar surface area (TPSA) is 38.0 Å². The van der Waals surface area contributed by atoms with Gasteiger partial charge in [0.05, 0.1) is 0 Å². The van der Waals surface area contributed by atoms with Gasteiger partial charge in [-0.25, -0.2) is 0 Å². The molecule has 0 rings (SSSR count). The number of nitrogens with two attached hydrogens (primary N) is 1. The minimum absolute atomic E-state index is 0.197. The molecular weight excluding hydrogens is 160 g/mol. The number of hydrogen-bond acceptors (Lipinski definition) is 2. The Morgan fingerprint density at radius 2 is 1.46 bits per heavy atom. The molecule has 82 valence electrons. The van der Waals surface area contributed by atoms with Crippen LogP contribution in [0.4, 0.5) is 0 Å². The van der Waals surface area contributed by atoms with Crippen LogP contribution in [0.1, 0.15) is 48.0 Å². The normalized spacial score (nSPS) is 12.0. The maximum Gasteiger partial charge on any atom is 0.0127 e. The zero-order valence-corrected chi connectivity index (χ0v) is 10.5. The average molecular weight is 188 g/mol. The highest BCUT2D eigenvalue weighted by atomic mass is 14.9. The lowest BCUT2D eigenvalue weighted by atomic mass is 9.80. The van der Waals surface area contributed by atoms with Crippen molar-refractivity contribution in [2.24, 2.45) is 11.1 Å². The summed E-state index contributed by atoms with van der Waals surface area (Å²) in [6, 6.07) is 0. The van der Waals surface area contributed by atoms with E-state index >= 15 is 0 Å². The Kier molecular flexibility index (Phi) is 7.56. The molecule has 0 radical (unpaired) electrons. The predicted molar refractivity (Wildman–Crippen MR) is 61.9 cm³/mol. The first kappa shape index (κ1) is 15.4. The van der Waals surface area contributed by atoms with Crippen molar-refractivity contribution in [3.05, 3.63) is 0 Å². The Labute approximate surface area is 84.3 Å². The highest BCUT2D eigenvalue weighted by molar-refractivity contribution is 4.84. The Morgan fingerprint density at radius 1 is 1.08 bits per heavy atom. The molecule has 0 spiro atoms. The largest absolute Gasteiger partial charge is 0.330 e. The molecule has 0 saturated heterocycles. The van der Waals surface area contributed by atoms with Crippen LogP contribution < -0.4 is 11.1 Å². The maximum atomic E-state index is 5.64. The van der Waals surface area contributed by atoms with E-state index in [1.54, 1.807) is 0 Å². The lowest BCUT2D eigenvalue weighted by molar-refractivity contribution is 0.239. The van der Waals surface area contributed by atoms with Gasteiger partial charge in [0.1, 0.15) is 0 Å². The minimum atomic E-state index is 0.197. The molecule has 0 saturated carbocycles. The van der Waals surface area contributed by atoms with Crippen molar-refractivity contribution in [2.75, 3.05) is 13.6 Å². The monoisotopic (exact) mass is 188 g/mol. The van der Waals surface area contributed by atoms with Gasteiger partial charge in [-0.3, -0.25) is 0 Å². The van der Waals surface area contributed by atoms with Crippen LogP contribution in [0.15, 0.2) is 0 Å². The predicted octanol–water partition coefficient (Wildman–Crippen LogP) is 2.39. The van der Waals surface area contributed by atoms with E-state index in [2.05, 4.69) is 33.0 Å². The molecule has 2 heteroatoms. The van der Waals surface area contributed by atoms with Crippen LogP contribution in [0, 0.1) is 5.41 Å². The van der Waals surface area contributed by atoms with Crippen LogP contribution >= 0.6 is 0 Å². The molecule has 0 aliphatic carbocycles. The molecule has 0 aliphatic heterocycles. The minimum Gasteiger partial charge on any atom is -0.330 e. The summed E-state index contributed by atoms with van der Waals surface area (Å²) in [5, 5.41) is 3.28. The van der Waals surface area contributed by atoms with Crippen molar-refractivity contribution in [3.63, 3.8) is 0 Å². The van der Waals surface area contributed by atoms with Crippen LogP contribution in [0.25, 0.3) is 0 Å². The fourth-order valence-electron chi connectivity index (χ4n) is 1.36. The molecule has 0 aromatic carbocycles. The molecule has 0 amide bonds. The third kappa shape index (κ3) is 8.26. The smallest absolute Gasteiger partial charge is 0.0127 e. The fraction of sp³-hybridized carbons (Fsp3) is 1.00. The van der Waals surface area contributed by atoms with Crippen molar-refractivity contribution in [1.29, 1.82) is 0 Å². The summed E-state index contributed by atoms with van der Waals surface area (Å²) in [6.45, 7) is 13.5. The van der Waals surface area contributed by atoms with Gasteiger partial charge >= 0.3 is 0 Å². The van der Waals surface area contributed by atoms with E-state index in [4.69, 9.17) is 5.73 Å². The maximum absolute atomic E-state index is 5.64. The standard InChI is InChI=1S/C9H22N2.C2H6/c1-8(2,7-10)6-9(3,4)11-5;1-2/h11H,6-7,10H2,1-5H3;1-2H3. The first-order valence-corrected chi connectivity index (χ1v) is 5.22. The third-order valence-electron chi connectivity index (χ3n) is 2.15. The molecule has 0 aromatic heterocycles. The molecule has 0 fully saturated rings. The van der Waals surface area contributed by atoms with Crippen LogP contribution in [-0.4, -0.2) is 19.1 Å². The van der Waals surface area contributed by atoms with E-state index in [0.717, 1.165) is 13.0 Å². The summed E-state index contributed by atoms with van der Waals surface area (Å²) in [4.78, 5) is 0. The Bertz CT molecular complexity index is 103. The molecule has 13 heavy (non-hydrogen) atoms. The highest BCUT2D eigenvalue weighted by Crippen LogP contribution is 2.25. The zero-order valence-electron chi connectivity index (χ0n) is 10.5. The van der Waals surface area contributed by atoms with E-state index in [1.165, 1.54) is 0 Å². The third-order valence-corrected chi connectivity index (χ3v) is 2.15. The summed E-state index contributed by atoms with van der Waals surface area (Å²) < 4.78 is 0. The van der Waals surface area contributed by atoms with Crippen LogP contribution in [0.2, 0.25) is 0 Å². The Balaban J connectivity index is 0. The highest BCUT2D eigenvalue weighted by Gasteiger charge is 2.25. The van der Waals surface area contributed by atoms with Gasteiger partial charge in [-0.15, -0.1) is 0 Å². The fourth-order valence-corrected chi connectivity index (χ4v) is 1.36. The van der Waals surface area contributed by atoms with Crippen molar-refractivity contribution >= 4 is 0 Å². The van der Waals surface area contributed by atoms with Gasteiger partial charge in [-0.05, 0) is 39.3 Å². The van der Waals surface area contributed by atoms with Gasteiger partial charge in [0, 0.05) is 5.54 Å². The summed E-state index contributed by atoms with van der Waals surface area (Å²) in [5.41, 5.74) is 6.08. The van der Waals surface area contributed by atoms with E-state index < -0.39 is 0 Å². The summed E-state index contributed by atoms with van der Waals surface area (Å²) in [6.07, 6.45) is 1.10. The number of hydrogen-bond donors (Lipinski definition) is 2. The molecule has 0 bridgehead atoms. The van der Waals surface area contributed by atoms with Gasteiger partial charge in [-0.1, -0.05) is 27.7 Å². The van der Waals surface area contributed by atoms with E-state index in [-0.39, 0.29) is 11.0 Å². The van der Waals surface area contributed by atoms with E-state index in [1.807, 2.05) is 20.9 Å². The first-order chi connectivity index (χ1) is 5.83. The zero-order chi connectivity index (χ0) is 11.1. The lowest BCUT2D eigenvalue weighted by Gasteiger charge is -2.33. The molecule has 0 aliphatic rings. The van der Waals surface area contributed by atoms with Crippen LogP contribution in [-0.2, 0) is 0 Å². The number of nitrogens with one attached hydrogen (secondary N) is 1. The van der Waals surface area contributed by atoms with Crippen molar-refractivity contribution < 1.29 is 0 Å². The van der Waals surface area contributed by atoms with Gasteiger partial charge < -0.3 is 11.1 Å². The molecule has 2 nitrogen and oxygen atoms in total. The number of rotatable bonds is 4. The molecular formula is C11H28N2. The molecule has 0 unspecified atom stereocenters. The first-order valence-electron chi connectivity index (χ1n) is 5.22. The van der Waals surface area contributed by atoms with Gasteiger partial charge in [0.15, 0.2) is 0 Å². The average Bonchev–Trinajstić information content (AvgIpc) is 2.07.